The molecule has 0 aliphatic rings. The number of ether oxygens (including phenoxy) is 1. The molecule has 1 unspecified atom stereocenters. The number of nitrogens with two attached hydrogens (primary N) is 1. The van der Waals surface area contributed by atoms with Crippen LogP contribution >= 0.6 is 0 Å². The van der Waals surface area contributed by atoms with Crippen molar-refractivity contribution >= 4 is 5.84 Å². The lowest BCUT2D eigenvalue weighted by Gasteiger charge is -2.14. The maximum atomic E-state index is 8.49. The van der Waals surface area contributed by atoms with Crippen LogP contribution in [0, 0.1) is 0 Å². The summed E-state index contributed by atoms with van der Waals surface area (Å²) in [5.41, 5.74) is 5.47. The van der Waals surface area contributed by atoms with Gasteiger partial charge in [0.1, 0.15) is 6.10 Å². The van der Waals surface area contributed by atoms with Crippen LogP contribution < -0.4 is 5.73 Å². The summed E-state index contributed by atoms with van der Waals surface area (Å²) in [4.78, 5) is 0. The molecule has 0 aromatic carbocycles. The molecule has 0 aromatic rings. The van der Waals surface area contributed by atoms with Gasteiger partial charge < -0.3 is 15.7 Å². The van der Waals surface area contributed by atoms with Crippen LogP contribution in [-0.2, 0) is 4.74 Å². The Morgan fingerprint density at radius 2 is 1.93 bits per heavy atom. The Kier molecular flexibility index (Phi) is 9.27. The molecular weight excluding hydrogens is 192 g/mol. The highest BCUT2D eigenvalue weighted by molar-refractivity contribution is 5.84. The zero-order valence-electron chi connectivity index (χ0n) is 9.91. The molecule has 15 heavy (non-hydrogen) atoms. The summed E-state index contributed by atoms with van der Waals surface area (Å²) in [7, 11) is 0. The van der Waals surface area contributed by atoms with E-state index in [1.807, 2.05) is 6.92 Å². The van der Waals surface area contributed by atoms with Crippen molar-refractivity contribution in [1.82, 2.24) is 0 Å². The number of rotatable bonds is 9. The van der Waals surface area contributed by atoms with E-state index in [1.54, 1.807) is 0 Å². The number of hydrogen-bond donors (Lipinski definition) is 2. The fourth-order valence-corrected chi connectivity index (χ4v) is 1.41. The maximum absolute atomic E-state index is 8.49. The average Bonchev–Trinajstić information content (AvgIpc) is 2.27. The van der Waals surface area contributed by atoms with Gasteiger partial charge in [-0.15, -0.1) is 0 Å². The Morgan fingerprint density at radius 1 is 1.27 bits per heavy atom. The normalized spacial score (nSPS) is 14.1. The Morgan fingerprint density at radius 3 is 2.47 bits per heavy atom. The lowest BCUT2D eigenvalue weighted by Crippen LogP contribution is -2.31. The highest BCUT2D eigenvalue weighted by atomic mass is 16.5. The van der Waals surface area contributed by atoms with E-state index in [0.29, 0.717) is 6.61 Å². The summed E-state index contributed by atoms with van der Waals surface area (Å²) in [6, 6.07) is 0. The van der Waals surface area contributed by atoms with Crippen LogP contribution in [0.15, 0.2) is 5.16 Å². The summed E-state index contributed by atoms with van der Waals surface area (Å²) in [6.45, 7) is 4.85. The van der Waals surface area contributed by atoms with Gasteiger partial charge in [-0.05, 0) is 12.8 Å². The molecule has 0 heterocycles. The minimum absolute atomic E-state index is 0.172. The molecule has 0 rings (SSSR count). The molecule has 3 N–H and O–H groups in total. The third-order valence-corrected chi connectivity index (χ3v) is 2.38. The van der Waals surface area contributed by atoms with Crippen molar-refractivity contribution in [3.8, 4) is 0 Å². The van der Waals surface area contributed by atoms with Crippen LogP contribution in [0.2, 0.25) is 0 Å². The zero-order valence-corrected chi connectivity index (χ0v) is 9.91. The van der Waals surface area contributed by atoms with Crippen molar-refractivity contribution in [3.05, 3.63) is 0 Å². The van der Waals surface area contributed by atoms with Crippen molar-refractivity contribution in [2.75, 3.05) is 6.61 Å². The molecule has 1 atom stereocenters. The van der Waals surface area contributed by atoms with E-state index in [-0.39, 0.29) is 11.9 Å². The highest BCUT2D eigenvalue weighted by Crippen LogP contribution is 2.05. The summed E-state index contributed by atoms with van der Waals surface area (Å²) in [6.07, 6.45) is 6.56. The molecule has 90 valence electrons. The maximum Gasteiger partial charge on any atom is 0.168 e. The first kappa shape index (κ1) is 14.2. The first-order chi connectivity index (χ1) is 7.26. The van der Waals surface area contributed by atoms with E-state index in [2.05, 4.69) is 12.1 Å². The van der Waals surface area contributed by atoms with E-state index in [0.717, 1.165) is 12.8 Å². The minimum Gasteiger partial charge on any atom is -0.409 e. The monoisotopic (exact) mass is 216 g/mol. The first-order valence-corrected chi connectivity index (χ1v) is 5.85. The minimum atomic E-state index is -0.235. The largest absolute Gasteiger partial charge is 0.409 e. The Labute approximate surface area is 92.5 Å². The van der Waals surface area contributed by atoms with E-state index in [1.165, 1.54) is 25.7 Å². The second kappa shape index (κ2) is 9.77. The van der Waals surface area contributed by atoms with Gasteiger partial charge in [-0.2, -0.15) is 0 Å². The van der Waals surface area contributed by atoms with Gasteiger partial charge in [0.05, 0.1) is 0 Å². The third kappa shape index (κ3) is 7.19. The number of oxime groups is 1. The lowest BCUT2D eigenvalue weighted by atomic mass is 10.2. The topological polar surface area (TPSA) is 67.8 Å². The predicted octanol–water partition coefficient (Wildman–Crippen LogP) is 2.50. The highest BCUT2D eigenvalue weighted by Gasteiger charge is 2.11. The average molecular weight is 216 g/mol. The molecule has 0 fully saturated rings. The molecule has 0 saturated heterocycles. The molecular formula is C11H24N2O2. The molecule has 0 aromatic heterocycles. The van der Waals surface area contributed by atoms with Gasteiger partial charge >= 0.3 is 0 Å². The molecule has 0 aliphatic carbocycles. The SMILES string of the molecule is CCCCCCCOC(CC)C(N)=NO. The van der Waals surface area contributed by atoms with Crippen molar-refractivity contribution in [2.45, 2.75) is 58.5 Å². The second-order valence-electron chi connectivity index (χ2n) is 3.71. The number of hydrogen-bond acceptors (Lipinski definition) is 3. The molecule has 0 amide bonds. The molecule has 0 aliphatic heterocycles. The molecule has 0 saturated carbocycles. The van der Waals surface area contributed by atoms with Gasteiger partial charge in [-0.25, -0.2) is 0 Å². The van der Waals surface area contributed by atoms with E-state index in [4.69, 9.17) is 15.7 Å². The second-order valence-corrected chi connectivity index (χ2v) is 3.71. The number of amidine groups is 1. The first-order valence-electron chi connectivity index (χ1n) is 5.85. The van der Waals surface area contributed by atoms with Gasteiger partial charge in [-0.1, -0.05) is 44.7 Å². The predicted molar refractivity (Wildman–Crippen MR) is 62.2 cm³/mol. The fourth-order valence-electron chi connectivity index (χ4n) is 1.41. The Hall–Kier alpha value is -0.770. The van der Waals surface area contributed by atoms with Gasteiger partial charge in [0, 0.05) is 6.61 Å². The van der Waals surface area contributed by atoms with E-state index < -0.39 is 0 Å². The Balaban J connectivity index is 3.47. The lowest BCUT2D eigenvalue weighted by molar-refractivity contribution is 0.0884. The summed E-state index contributed by atoms with van der Waals surface area (Å²) in [5.74, 6) is 0.172. The van der Waals surface area contributed by atoms with Crippen LogP contribution in [0.5, 0.6) is 0 Å². The van der Waals surface area contributed by atoms with Crippen LogP contribution in [-0.4, -0.2) is 23.8 Å². The zero-order chi connectivity index (χ0) is 11.5. The van der Waals surface area contributed by atoms with E-state index >= 15 is 0 Å². The van der Waals surface area contributed by atoms with E-state index in [9.17, 15) is 0 Å². The number of nitrogens with zero attached hydrogens (tertiary/aromatic N) is 1. The van der Waals surface area contributed by atoms with Crippen molar-refractivity contribution in [1.29, 1.82) is 0 Å². The van der Waals surface area contributed by atoms with Crippen LogP contribution in [0.3, 0.4) is 0 Å². The smallest absolute Gasteiger partial charge is 0.168 e. The quantitative estimate of drug-likeness (QED) is 0.204. The van der Waals surface area contributed by atoms with Crippen LogP contribution in [0.25, 0.3) is 0 Å². The van der Waals surface area contributed by atoms with Crippen molar-refractivity contribution < 1.29 is 9.94 Å². The summed E-state index contributed by atoms with van der Waals surface area (Å²) >= 11 is 0. The van der Waals surface area contributed by atoms with Crippen molar-refractivity contribution in [2.24, 2.45) is 10.9 Å². The fraction of sp³-hybridized carbons (Fsp3) is 0.909. The molecule has 4 nitrogen and oxygen atoms in total. The standard InChI is InChI=1S/C11H24N2O2/c1-3-5-6-7-8-9-15-10(4-2)11(12)13-14/h10,14H,3-9H2,1-2H3,(H2,12,13). The summed E-state index contributed by atoms with van der Waals surface area (Å²) in [5, 5.41) is 11.4. The van der Waals surface area contributed by atoms with Crippen LogP contribution in [0.4, 0.5) is 0 Å². The van der Waals surface area contributed by atoms with Crippen LogP contribution in [0.1, 0.15) is 52.4 Å². The van der Waals surface area contributed by atoms with Crippen molar-refractivity contribution in [3.63, 3.8) is 0 Å². The Bertz CT molecular complexity index is 172. The molecule has 0 spiro atoms. The summed E-state index contributed by atoms with van der Waals surface area (Å²) < 4.78 is 5.51. The van der Waals surface area contributed by atoms with Gasteiger partial charge in [0.2, 0.25) is 0 Å². The molecule has 0 bridgehead atoms. The third-order valence-electron chi connectivity index (χ3n) is 2.38. The molecule has 4 heteroatoms. The van der Waals surface area contributed by atoms with Gasteiger partial charge in [0.25, 0.3) is 0 Å². The molecule has 0 radical (unpaired) electrons. The van der Waals surface area contributed by atoms with Gasteiger partial charge in [0.15, 0.2) is 5.84 Å². The number of unbranched alkanes of at least 4 members (excludes halogenated alkanes) is 4. The van der Waals surface area contributed by atoms with Gasteiger partial charge in [-0.3, -0.25) is 0 Å².